The molecule has 1 rings (SSSR count). The summed E-state index contributed by atoms with van der Waals surface area (Å²) in [7, 11) is -1.59. The predicted molar refractivity (Wildman–Crippen MR) is 89.6 cm³/mol. The lowest BCUT2D eigenvalue weighted by atomic mass is 10.2. The molecule has 0 aliphatic heterocycles. The number of thioether (sulfide) groups is 1. The lowest BCUT2D eigenvalue weighted by Gasteiger charge is -2.36. The van der Waals surface area contributed by atoms with Crippen molar-refractivity contribution in [3.63, 3.8) is 0 Å². The van der Waals surface area contributed by atoms with E-state index in [0.29, 0.717) is 0 Å². The number of benzene rings is 1. The maximum absolute atomic E-state index is 8.75. The summed E-state index contributed by atoms with van der Waals surface area (Å²) in [6.45, 7) is 12.2. The summed E-state index contributed by atoms with van der Waals surface area (Å²) in [6.07, 6.45) is 1.07. The Morgan fingerprint density at radius 3 is 2.30 bits per heavy atom. The quantitative estimate of drug-likeness (QED) is 0.418. The third kappa shape index (κ3) is 5.32. The van der Waals surface area contributed by atoms with Crippen molar-refractivity contribution >= 4 is 20.1 Å². The summed E-state index contributed by atoms with van der Waals surface area (Å²) in [5.41, 5.74) is 0.718. The van der Waals surface area contributed by atoms with Crippen LogP contribution in [0.15, 0.2) is 29.2 Å². The summed E-state index contributed by atoms with van der Waals surface area (Å²) >= 11 is 1.82. The zero-order chi connectivity index (χ0) is 15.2. The minimum Gasteiger partial charge on any atom is -0.417 e. The minimum absolute atomic E-state index is 0.285. The number of nitrogens with zero attached hydrogens (tertiary/aromatic N) is 1. The van der Waals surface area contributed by atoms with Gasteiger partial charge in [0, 0.05) is 17.3 Å². The smallest absolute Gasteiger partial charge is 0.191 e. The molecule has 2 nitrogen and oxygen atoms in total. The molecular formula is C16H25NOSSi. The molecule has 1 aromatic rings. The van der Waals surface area contributed by atoms with Crippen molar-refractivity contribution in [2.24, 2.45) is 0 Å². The Morgan fingerprint density at radius 2 is 1.80 bits per heavy atom. The second kappa shape index (κ2) is 7.30. The Balaban J connectivity index is 2.27. The van der Waals surface area contributed by atoms with Gasteiger partial charge in [0.25, 0.3) is 0 Å². The average Bonchev–Trinajstić information content (AvgIpc) is 2.37. The highest BCUT2D eigenvalue weighted by atomic mass is 32.2. The Kier molecular flexibility index (Phi) is 6.31. The molecule has 4 heteroatoms. The summed E-state index contributed by atoms with van der Waals surface area (Å²) in [4.78, 5) is 1.22. The molecule has 20 heavy (non-hydrogen) atoms. The van der Waals surface area contributed by atoms with Crippen LogP contribution in [-0.2, 0) is 4.43 Å². The van der Waals surface area contributed by atoms with Gasteiger partial charge in [0.15, 0.2) is 8.32 Å². The molecule has 0 bridgehead atoms. The van der Waals surface area contributed by atoms with E-state index in [1.807, 2.05) is 36.0 Å². The third-order valence-electron chi connectivity index (χ3n) is 3.81. The van der Waals surface area contributed by atoms with Crippen LogP contribution in [0.1, 0.15) is 32.8 Å². The molecule has 0 fully saturated rings. The van der Waals surface area contributed by atoms with E-state index < -0.39 is 8.32 Å². The molecule has 0 heterocycles. The van der Waals surface area contributed by atoms with Crippen molar-refractivity contribution in [3.05, 3.63) is 29.8 Å². The molecular weight excluding hydrogens is 282 g/mol. The van der Waals surface area contributed by atoms with Gasteiger partial charge in [-0.2, -0.15) is 5.26 Å². The van der Waals surface area contributed by atoms with Crippen LogP contribution in [0.25, 0.3) is 0 Å². The molecule has 0 atom stereocenters. The van der Waals surface area contributed by atoms with Crippen LogP contribution in [0.5, 0.6) is 0 Å². The number of hydrogen-bond donors (Lipinski definition) is 0. The average molecular weight is 308 g/mol. The zero-order valence-corrected chi connectivity index (χ0v) is 15.0. The van der Waals surface area contributed by atoms with Gasteiger partial charge in [-0.3, -0.25) is 0 Å². The fraction of sp³-hybridized carbons (Fsp3) is 0.562. The Morgan fingerprint density at radius 1 is 1.20 bits per heavy atom. The van der Waals surface area contributed by atoms with Crippen molar-refractivity contribution in [3.8, 4) is 6.07 Å². The molecule has 1 aromatic carbocycles. The number of nitriles is 1. The maximum atomic E-state index is 8.75. The lowest BCUT2D eigenvalue weighted by Crippen LogP contribution is -2.41. The summed E-state index contributed by atoms with van der Waals surface area (Å²) < 4.78 is 6.15. The van der Waals surface area contributed by atoms with Gasteiger partial charge in [0.05, 0.1) is 11.6 Å². The van der Waals surface area contributed by atoms with Crippen molar-refractivity contribution in [2.75, 3.05) is 12.4 Å². The fourth-order valence-electron chi connectivity index (χ4n) is 1.42. The SMILES string of the molecule is CC(C)(C)[Si](C)(C)OCCCSc1ccc(C#N)cc1. The highest BCUT2D eigenvalue weighted by molar-refractivity contribution is 7.99. The molecule has 110 valence electrons. The summed E-state index contributed by atoms with van der Waals surface area (Å²) in [5, 5.41) is 9.03. The van der Waals surface area contributed by atoms with Crippen molar-refractivity contribution in [1.29, 1.82) is 5.26 Å². The van der Waals surface area contributed by atoms with Crippen LogP contribution in [0.2, 0.25) is 18.1 Å². The van der Waals surface area contributed by atoms with Gasteiger partial charge in [-0.15, -0.1) is 11.8 Å². The van der Waals surface area contributed by atoms with Gasteiger partial charge in [-0.25, -0.2) is 0 Å². The van der Waals surface area contributed by atoms with E-state index >= 15 is 0 Å². The zero-order valence-electron chi connectivity index (χ0n) is 13.2. The highest BCUT2D eigenvalue weighted by Gasteiger charge is 2.36. The number of hydrogen-bond acceptors (Lipinski definition) is 3. The Labute approximate surface area is 128 Å². The van der Waals surface area contributed by atoms with Gasteiger partial charge in [-0.1, -0.05) is 20.8 Å². The molecule has 0 unspecified atom stereocenters. The van der Waals surface area contributed by atoms with E-state index in [1.54, 1.807) is 0 Å². The topological polar surface area (TPSA) is 33.0 Å². The third-order valence-corrected chi connectivity index (χ3v) is 9.45. The van der Waals surface area contributed by atoms with Gasteiger partial charge in [-0.05, 0) is 48.8 Å². The first-order valence-corrected chi connectivity index (χ1v) is 10.9. The lowest BCUT2D eigenvalue weighted by molar-refractivity contribution is 0.289. The van der Waals surface area contributed by atoms with Crippen LogP contribution < -0.4 is 0 Å². The largest absolute Gasteiger partial charge is 0.417 e. The maximum Gasteiger partial charge on any atom is 0.191 e. The van der Waals surface area contributed by atoms with Gasteiger partial charge in [0.1, 0.15) is 0 Å². The molecule has 0 saturated carbocycles. The van der Waals surface area contributed by atoms with E-state index in [-0.39, 0.29) is 5.04 Å². The van der Waals surface area contributed by atoms with Crippen molar-refractivity contribution in [1.82, 2.24) is 0 Å². The van der Waals surface area contributed by atoms with Crippen LogP contribution in [0.4, 0.5) is 0 Å². The first kappa shape index (κ1) is 17.3. The number of rotatable bonds is 6. The predicted octanol–water partition coefficient (Wildman–Crippen LogP) is 5.06. The second-order valence-electron chi connectivity index (χ2n) is 6.45. The molecule has 0 aromatic heterocycles. The Bertz CT molecular complexity index is 457. The van der Waals surface area contributed by atoms with Crippen LogP contribution in [0.3, 0.4) is 0 Å². The van der Waals surface area contributed by atoms with Crippen LogP contribution in [-0.4, -0.2) is 20.7 Å². The highest BCUT2D eigenvalue weighted by Crippen LogP contribution is 2.36. The second-order valence-corrected chi connectivity index (χ2v) is 12.4. The minimum atomic E-state index is -1.59. The van der Waals surface area contributed by atoms with Crippen LogP contribution in [0, 0.1) is 11.3 Å². The summed E-state index contributed by atoms with van der Waals surface area (Å²) in [6, 6.07) is 9.90. The normalized spacial score (nSPS) is 12.2. The van der Waals surface area contributed by atoms with Crippen molar-refractivity contribution < 1.29 is 4.43 Å². The molecule has 0 aliphatic rings. The molecule has 0 spiro atoms. The van der Waals surface area contributed by atoms with Gasteiger partial charge < -0.3 is 4.43 Å². The standard InChI is InChI=1S/C16H25NOSSi/c1-16(2,3)20(4,5)18-11-6-12-19-15-9-7-14(13-17)8-10-15/h7-10H,6,11-12H2,1-5H3. The first-order valence-electron chi connectivity index (χ1n) is 7.03. The van der Waals surface area contributed by atoms with E-state index in [4.69, 9.17) is 9.69 Å². The van der Waals surface area contributed by atoms with Crippen LogP contribution >= 0.6 is 11.8 Å². The molecule has 0 amide bonds. The molecule has 0 N–H and O–H groups in total. The van der Waals surface area contributed by atoms with Gasteiger partial charge in [0.2, 0.25) is 0 Å². The molecule has 0 aliphatic carbocycles. The molecule has 0 radical (unpaired) electrons. The van der Waals surface area contributed by atoms with Gasteiger partial charge >= 0.3 is 0 Å². The molecule has 0 saturated heterocycles. The summed E-state index contributed by atoms with van der Waals surface area (Å²) in [5.74, 6) is 1.06. The van der Waals surface area contributed by atoms with E-state index in [9.17, 15) is 0 Å². The van der Waals surface area contributed by atoms with E-state index in [2.05, 4.69) is 39.9 Å². The Hall–Kier alpha value is -0.763. The van der Waals surface area contributed by atoms with E-state index in [1.165, 1.54) is 4.90 Å². The fourth-order valence-corrected chi connectivity index (χ4v) is 3.33. The van der Waals surface area contributed by atoms with Crippen molar-refractivity contribution in [2.45, 2.75) is 50.2 Å². The van der Waals surface area contributed by atoms with E-state index in [0.717, 1.165) is 24.3 Å². The first-order chi connectivity index (χ1) is 9.26. The monoisotopic (exact) mass is 307 g/mol.